The second-order valence-electron chi connectivity index (χ2n) is 8.53. The van der Waals surface area contributed by atoms with E-state index in [1.807, 2.05) is 0 Å². The zero-order valence-corrected chi connectivity index (χ0v) is 21.8. The van der Waals surface area contributed by atoms with Gasteiger partial charge in [-0.3, -0.25) is 10.1 Å². The van der Waals surface area contributed by atoms with Gasteiger partial charge < -0.3 is 14.2 Å². The molecule has 0 fully saturated rings. The number of hydrogen-bond acceptors (Lipinski definition) is 6. The number of para-hydroxylation sites is 2. The molecule has 0 spiro atoms. The minimum Gasteiger partial charge on any atom is -0.478 e. The predicted octanol–water partition coefficient (Wildman–Crippen LogP) is 8.01. The third kappa shape index (κ3) is 5.92. The standard InChI is InChI=1S/C29H22F2NO7P/c1-20(27(28(33)34)22-14-18-24(19-15-22)32(35)36)21-12-16-23(17-13-21)29(30,31)40(37,38-25-8-4-2-5-9-25)39-26-10-6-3-7-11-26/h2-19H,1H3,(H,33,34). The van der Waals surface area contributed by atoms with Gasteiger partial charge in [0, 0.05) is 17.7 Å². The Bertz CT molecular complexity index is 1550. The fourth-order valence-electron chi connectivity index (χ4n) is 3.85. The van der Waals surface area contributed by atoms with E-state index in [4.69, 9.17) is 9.05 Å². The minimum absolute atomic E-state index is 0.0777. The number of nitrogens with zero attached hydrogens (tertiary/aromatic N) is 1. The van der Waals surface area contributed by atoms with Crippen molar-refractivity contribution >= 4 is 30.4 Å². The summed E-state index contributed by atoms with van der Waals surface area (Å²) in [7, 11) is -5.22. The second-order valence-corrected chi connectivity index (χ2v) is 10.5. The average molecular weight is 565 g/mol. The fraction of sp³-hybridized carbons (Fsp3) is 0.0690. The summed E-state index contributed by atoms with van der Waals surface area (Å²) < 4.78 is 56.1. The number of aliphatic carboxylic acids is 1. The lowest BCUT2D eigenvalue weighted by Gasteiger charge is -2.27. The molecule has 204 valence electrons. The molecular formula is C29H22F2NO7P. The molecule has 0 aliphatic heterocycles. The molecule has 0 aliphatic carbocycles. The molecule has 0 saturated carbocycles. The fourth-order valence-corrected chi connectivity index (χ4v) is 5.38. The van der Waals surface area contributed by atoms with Gasteiger partial charge in [-0.1, -0.05) is 60.7 Å². The van der Waals surface area contributed by atoms with Gasteiger partial charge in [-0.05, 0) is 60.0 Å². The van der Waals surface area contributed by atoms with Crippen LogP contribution in [0.4, 0.5) is 14.5 Å². The van der Waals surface area contributed by atoms with Gasteiger partial charge in [0.2, 0.25) is 0 Å². The van der Waals surface area contributed by atoms with E-state index >= 15 is 8.78 Å². The maximum absolute atomic E-state index is 15.9. The maximum Gasteiger partial charge on any atom is 0.504 e. The zero-order valence-electron chi connectivity index (χ0n) is 20.9. The van der Waals surface area contributed by atoms with Crippen LogP contribution < -0.4 is 9.05 Å². The molecule has 0 atom stereocenters. The summed E-state index contributed by atoms with van der Waals surface area (Å²) in [6.07, 6.45) is 0. The first-order valence-electron chi connectivity index (χ1n) is 11.8. The first-order chi connectivity index (χ1) is 19.0. The van der Waals surface area contributed by atoms with Gasteiger partial charge >= 0.3 is 19.2 Å². The number of rotatable bonds is 10. The summed E-state index contributed by atoms with van der Waals surface area (Å²) in [6.45, 7) is 1.49. The molecule has 0 heterocycles. The molecule has 0 aliphatic rings. The Balaban J connectivity index is 1.72. The Morgan fingerprint density at radius 3 is 1.68 bits per heavy atom. The van der Waals surface area contributed by atoms with Crippen LogP contribution >= 0.6 is 7.60 Å². The molecule has 1 N–H and O–H groups in total. The van der Waals surface area contributed by atoms with Gasteiger partial charge in [-0.15, -0.1) is 0 Å². The van der Waals surface area contributed by atoms with Gasteiger partial charge in [0.15, 0.2) is 0 Å². The summed E-state index contributed by atoms with van der Waals surface area (Å²) in [4.78, 5) is 22.4. The highest BCUT2D eigenvalue weighted by Crippen LogP contribution is 2.65. The number of nitro groups is 1. The molecule has 0 unspecified atom stereocenters. The van der Waals surface area contributed by atoms with Crippen LogP contribution in [0.2, 0.25) is 0 Å². The van der Waals surface area contributed by atoms with E-state index in [1.54, 1.807) is 12.1 Å². The number of carboxylic acids is 1. The van der Waals surface area contributed by atoms with Gasteiger partial charge in [-0.2, -0.15) is 8.78 Å². The van der Waals surface area contributed by atoms with Crippen molar-refractivity contribution < 1.29 is 37.2 Å². The predicted molar refractivity (Wildman–Crippen MR) is 145 cm³/mol. The number of benzene rings is 4. The van der Waals surface area contributed by atoms with Crippen LogP contribution in [-0.2, 0) is 15.0 Å². The lowest BCUT2D eigenvalue weighted by Crippen LogP contribution is -2.21. The normalized spacial score (nSPS) is 12.3. The second kappa shape index (κ2) is 11.5. The Kier molecular flexibility index (Phi) is 8.11. The Morgan fingerprint density at radius 1 is 0.800 bits per heavy atom. The smallest absolute Gasteiger partial charge is 0.478 e. The quantitative estimate of drug-likeness (QED) is 0.0681. The molecule has 0 bridgehead atoms. The monoisotopic (exact) mass is 565 g/mol. The molecule has 0 aromatic heterocycles. The van der Waals surface area contributed by atoms with Crippen molar-refractivity contribution in [2.24, 2.45) is 0 Å². The molecule has 40 heavy (non-hydrogen) atoms. The lowest BCUT2D eigenvalue weighted by molar-refractivity contribution is -0.384. The number of allylic oxidation sites excluding steroid dienone is 1. The van der Waals surface area contributed by atoms with Crippen LogP contribution in [0.5, 0.6) is 11.5 Å². The molecule has 4 rings (SSSR count). The van der Waals surface area contributed by atoms with Crippen molar-refractivity contribution in [2.75, 3.05) is 0 Å². The lowest BCUT2D eigenvalue weighted by atomic mass is 9.95. The van der Waals surface area contributed by atoms with Crippen molar-refractivity contribution in [1.82, 2.24) is 0 Å². The molecule has 0 radical (unpaired) electrons. The Labute approximate surface area is 227 Å². The largest absolute Gasteiger partial charge is 0.504 e. The maximum atomic E-state index is 15.9. The highest BCUT2D eigenvalue weighted by Gasteiger charge is 2.58. The van der Waals surface area contributed by atoms with E-state index in [0.717, 1.165) is 12.1 Å². The number of carboxylic acid groups (broad SMARTS) is 1. The molecular weight excluding hydrogens is 543 g/mol. The number of alkyl halides is 2. The highest BCUT2D eigenvalue weighted by molar-refractivity contribution is 7.55. The number of non-ortho nitro benzene ring substituents is 1. The first kappa shape index (κ1) is 28.2. The zero-order chi connectivity index (χ0) is 28.9. The minimum atomic E-state index is -5.22. The van der Waals surface area contributed by atoms with Crippen LogP contribution in [0.1, 0.15) is 23.6 Å². The summed E-state index contributed by atoms with van der Waals surface area (Å²) >= 11 is 0. The van der Waals surface area contributed by atoms with Crippen molar-refractivity contribution in [3.05, 3.63) is 136 Å². The van der Waals surface area contributed by atoms with Crippen molar-refractivity contribution in [2.45, 2.75) is 12.6 Å². The van der Waals surface area contributed by atoms with E-state index in [-0.39, 0.29) is 39.5 Å². The van der Waals surface area contributed by atoms with Crippen LogP contribution in [0.25, 0.3) is 11.1 Å². The molecule has 4 aromatic carbocycles. The third-order valence-corrected chi connectivity index (χ3v) is 7.75. The van der Waals surface area contributed by atoms with Crippen molar-refractivity contribution in [3.63, 3.8) is 0 Å². The van der Waals surface area contributed by atoms with E-state index in [1.165, 1.54) is 91.9 Å². The number of carbonyl (C=O) groups is 1. The molecule has 0 amide bonds. The van der Waals surface area contributed by atoms with Gasteiger partial charge in [0.1, 0.15) is 11.5 Å². The van der Waals surface area contributed by atoms with E-state index < -0.39 is 29.7 Å². The Morgan fingerprint density at radius 2 is 1.25 bits per heavy atom. The van der Waals surface area contributed by atoms with Crippen LogP contribution in [0.3, 0.4) is 0 Å². The number of halogens is 2. The topological polar surface area (TPSA) is 116 Å². The van der Waals surface area contributed by atoms with Gasteiger partial charge in [0.25, 0.3) is 5.69 Å². The molecule has 4 aromatic rings. The molecule has 11 heteroatoms. The van der Waals surface area contributed by atoms with Gasteiger partial charge in [-0.25, -0.2) is 9.36 Å². The number of hydrogen-bond donors (Lipinski definition) is 1. The summed E-state index contributed by atoms with van der Waals surface area (Å²) in [5.74, 6) is -1.46. The van der Waals surface area contributed by atoms with Crippen molar-refractivity contribution in [3.8, 4) is 11.5 Å². The highest BCUT2D eigenvalue weighted by atomic mass is 31.2. The third-order valence-electron chi connectivity index (χ3n) is 5.90. The SMILES string of the molecule is CC(=C(C(=O)O)c1ccc([N+](=O)[O-])cc1)c1ccc(C(F)(F)P(=O)(Oc2ccccc2)Oc2ccccc2)cc1. The molecule has 8 nitrogen and oxygen atoms in total. The van der Waals surface area contributed by atoms with E-state index in [0.29, 0.717) is 0 Å². The van der Waals surface area contributed by atoms with E-state index in [2.05, 4.69) is 0 Å². The first-order valence-corrected chi connectivity index (χ1v) is 13.3. The summed E-state index contributed by atoms with van der Waals surface area (Å²) in [5.41, 5.74) is -4.45. The van der Waals surface area contributed by atoms with Crippen LogP contribution in [0.15, 0.2) is 109 Å². The molecule has 0 saturated heterocycles. The Hall–Kier alpha value is -4.82. The van der Waals surface area contributed by atoms with Gasteiger partial charge in [0.05, 0.1) is 10.5 Å². The van der Waals surface area contributed by atoms with E-state index in [9.17, 15) is 24.6 Å². The van der Waals surface area contributed by atoms with Crippen LogP contribution in [-0.4, -0.2) is 16.0 Å². The summed E-state index contributed by atoms with van der Waals surface area (Å²) in [5, 5.41) is 20.8. The summed E-state index contributed by atoms with van der Waals surface area (Å²) in [6, 6.07) is 24.4. The average Bonchev–Trinajstić information content (AvgIpc) is 2.94. The number of nitro benzene ring substituents is 1. The van der Waals surface area contributed by atoms with Crippen molar-refractivity contribution in [1.29, 1.82) is 0 Å². The van der Waals surface area contributed by atoms with Crippen LogP contribution in [0, 0.1) is 10.1 Å².